The van der Waals surface area contributed by atoms with E-state index in [-0.39, 0.29) is 0 Å². The van der Waals surface area contributed by atoms with E-state index in [4.69, 9.17) is 9.69 Å². The molecule has 0 saturated carbocycles. The van der Waals surface area contributed by atoms with Crippen LogP contribution in [0.15, 0.2) is 0 Å². The molecule has 0 aliphatic rings. The molecule has 88 valence electrons. The van der Waals surface area contributed by atoms with Gasteiger partial charge in [-0.1, -0.05) is 58.9 Å². The Labute approximate surface area is 114 Å². The topological polar surface area (TPSA) is 0 Å². The number of hydrogen-bond donors (Lipinski definition) is 0. The average molecular weight is 332 g/mol. The van der Waals surface area contributed by atoms with Crippen LogP contribution in [0.3, 0.4) is 0 Å². The summed E-state index contributed by atoms with van der Waals surface area (Å²) >= 11 is 0.847. The van der Waals surface area contributed by atoms with Gasteiger partial charge in [0.25, 0.3) is 0 Å². The standard InChI is InChI=1S/C10H27Si3.ClH.Zn/c1-11(2,3)10(12(4,5)6)13(7,8)9;;/h1-9H3;1H;/q-1;;+2/p-1. The molecule has 0 aliphatic carbocycles. The normalized spacial score (nSPS) is 13.7. The van der Waals surface area contributed by atoms with Gasteiger partial charge in [-0.25, -0.2) is 0 Å². The first-order chi connectivity index (χ1) is 6.37. The summed E-state index contributed by atoms with van der Waals surface area (Å²) in [5.74, 6) is 0. The zero-order valence-corrected chi connectivity index (χ0v) is 18.8. The fraction of sp³-hybridized carbons (Fsp3) is 0.900. The Hall–Kier alpha value is 1.56. The molecule has 5 heteroatoms. The van der Waals surface area contributed by atoms with Gasteiger partial charge in [0.05, 0.1) is 0 Å². The number of rotatable bonds is 3. The van der Waals surface area contributed by atoms with Crippen LogP contribution in [-0.2, 0) is 17.3 Å². The van der Waals surface area contributed by atoms with Crippen molar-refractivity contribution in [3.63, 3.8) is 0 Å². The van der Waals surface area contributed by atoms with Crippen molar-refractivity contribution >= 4 is 33.9 Å². The summed E-state index contributed by atoms with van der Waals surface area (Å²) in [4.78, 5) is 2.06. The fourth-order valence-corrected chi connectivity index (χ4v) is 30.4. The van der Waals surface area contributed by atoms with Gasteiger partial charge >= 0.3 is 27.0 Å². The quantitative estimate of drug-likeness (QED) is 0.510. The zero-order chi connectivity index (χ0) is 13.1. The summed E-state index contributed by atoms with van der Waals surface area (Å²) in [6.07, 6.45) is 0. The molecule has 0 nitrogen and oxygen atoms in total. The van der Waals surface area contributed by atoms with Crippen molar-refractivity contribution in [2.75, 3.05) is 0 Å². The van der Waals surface area contributed by atoms with Crippen molar-refractivity contribution in [1.82, 2.24) is 0 Å². The van der Waals surface area contributed by atoms with Gasteiger partial charge in [-0.05, 0) is 0 Å². The molecule has 0 unspecified atom stereocenters. The Balaban J connectivity index is 0. The summed E-state index contributed by atoms with van der Waals surface area (Å²) in [6, 6.07) is 0. The zero-order valence-electron chi connectivity index (χ0n) is 12.1. The maximum atomic E-state index is 4.76. The van der Waals surface area contributed by atoms with E-state index in [1.165, 1.54) is 0 Å². The third-order valence-corrected chi connectivity index (χ3v) is 20.2. The average Bonchev–Trinajstić information content (AvgIpc) is 1.79. The van der Waals surface area contributed by atoms with Crippen molar-refractivity contribution in [3.8, 4) is 0 Å². The Morgan fingerprint density at radius 3 is 0.733 bits per heavy atom. The Morgan fingerprint density at radius 1 is 0.600 bits per heavy atom. The fourth-order valence-electron chi connectivity index (χ4n) is 3.38. The Morgan fingerprint density at radius 2 is 0.733 bits per heavy atom. The Bertz CT molecular complexity index is 143. The third kappa shape index (κ3) is 7.48. The van der Waals surface area contributed by atoms with Crippen LogP contribution in [0.2, 0.25) is 58.9 Å². The molecule has 0 heterocycles. The summed E-state index contributed by atoms with van der Waals surface area (Å²) in [7, 11) is 1.71. The summed E-state index contributed by atoms with van der Waals surface area (Å²) < 4.78 is 0. The van der Waals surface area contributed by atoms with Gasteiger partial charge in [0, 0.05) is 0 Å². The minimum absolute atomic E-state index is 0.847. The molecule has 0 fully saturated rings. The van der Waals surface area contributed by atoms with Crippen LogP contribution in [-0.4, -0.2) is 24.2 Å². The summed E-state index contributed by atoms with van der Waals surface area (Å²) in [6.45, 7) is 22.7. The second-order valence-electron chi connectivity index (χ2n) is 7.12. The van der Waals surface area contributed by atoms with Gasteiger partial charge in [0.1, 0.15) is 0 Å². The van der Waals surface area contributed by atoms with Crippen molar-refractivity contribution < 1.29 is 17.3 Å². The predicted octanol–water partition coefficient (Wildman–Crippen LogP) is 4.88. The van der Waals surface area contributed by atoms with Crippen LogP contribution >= 0.6 is 9.69 Å². The second kappa shape index (κ2) is 6.48. The van der Waals surface area contributed by atoms with Gasteiger partial charge in [-0.2, -0.15) is 0 Å². The maximum absolute atomic E-state index is 4.76. The molecule has 0 bridgehead atoms. The minimum atomic E-state index is -1.02. The van der Waals surface area contributed by atoms with Gasteiger partial charge in [0.15, 0.2) is 0 Å². The molecule has 0 spiro atoms. The molecular weight excluding hydrogens is 305 g/mol. The molecule has 0 aliphatic heterocycles. The molecule has 0 saturated heterocycles. The molecule has 15 heavy (non-hydrogen) atoms. The van der Waals surface area contributed by atoms with Gasteiger partial charge in [-0.3, -0.25) is 0 Å². The van der Waals surface area contributed by atoms with Crippen molar-refractivity contribution in [2.24, 2.45) is 0 Å². The van der Waals surface area contributed by atoms with Crippen LogP contribution in [0.1, 0.15) is 0 Å². The van der Waals surface area contributed by atoms with Gasteiger partial charge in [-0.15, -0.1) is 24.2 Å². The second-order valence-corrected chi connectivity index (χ2v) is 23.6. The molecule has 0 aromatic carbocycles. The van der Waals surface area contributed by atoms with E-state index in [1.54, 1.807) is 0 Å². The van der Waals surface area contributed by atoms with Crippen LogP contribution in [0.4, 0.5) is 0 Å². The first-order valence-electron chi connectivity index (χ1n) is 5.52. The molecule has 0 radical (unpaired) electrons. The van der Waals surface area contributed by atoms with Crippen molar-refractivity contribution in [3.05, 3.63) is 4.79 Å². The van der Waals surface area contributed by atoms with Crippen LogP contribution < -0.4 is 0 Å². The van der Waals surface area contributed by atoms with E-state index in [9.17, 15) is 0 Å². The molecular formula is C10H27ClSi3Zn. The number of hydrogen-bond acceptors (Lipinski definition) is 0. The van der Waals surface area contributed by atoms with Gasteiger partial charge in [0.2, 0.25) is 0 Å². The SMILES string of the molecule is C[Si](C)(C)[C-]([Si](C)(C)C)[Si](C)(C)C.[Cl][Zn+]. The number of halogens is 1. The first kappa shape index (κ1) is 18.9. The summed E-state index contributed by atoms with van der Waals surface area (Å²) in [5, 5.41) is 0. The third-order valence-electron chi connectivity index (χ3n) is 2.25. The van der Waals surface area contributed by atoms with Crippen LogP contribution in [0, 0.1) is 4.79 Å². The summed E-state index contributed by atoms with van der Waals surface area (Å²) in [5.41, 5.74) is 0. The molecule has 0 atom stereocenters. The first-order valence-corrected chi connectivity index (χ1v) is 19.9. The van der Waals surface area contributed by atoms with E-state index in [1.807, 2.05) is 0 Å². The van der Waals surface area contributed by atoms with Crippen LogP contribution in [0.5, 0.6) is 0 Å². The molecule has 0 rings (SSSR count). The van der Waals surface area contributed by atoms with Crippen LogP contribution in [0.25, 0.3) is 0 Å². The monoisotopic (exact) mass is 330 g/mol. The molecule has 0 aromatic rings. The molecule has 0 aromatic heterocycles. The Kier molecular flexibility index (Phi) is 8.18. The van der Waals surface area contributed by atoms with E-state index < -0.39 is 24.2 Å². The molecule has 0 N–H and O–H groups in total. The predicted molar refractivity (Wildman–Crippen MR) is 79.1 cm³/mol. The van der Waals surface area contributed by atoms with E-state index in [2.05, 4.69) is 63.7 Å². The van der Waals surface area contributed by atoms with E-state index in [0.717, 1.165) is 17.3 Å². The van der Waals surface area contributed by atoms with Gasteiger partial charge < -0.3 is 4.79 Å². The van der Waals surface area contributed by atoms with E-state index >= 15 is 0 Å². The van der Waals surface area contributed by atoms with Crippen molar-refractivity contribution in [1.29, 1.82) is 0 Å². The van der Waals surface area contributed by atoms with E-state index in [0.29, 0.717) is 0 Å². The van der Waals surface area contributed by atoms with Crippen molar-refractivity contribution in [2.45, 2.75) is 58.9 Å². The molecule has 0 amide bonds.